The molecule has 2 aromatic carbocycles. The van der Waals surface area contributed by atoms with Crippen LogP contribution in [0.5, 0.6) is 0 Å². The van der Waals surface area contributed by atoms with Crippen LogP contribution >= 0.6 is 11.6 Å². The maximum absolute atomic E-state index is 5.90. The molecular formula is C20H19ClN6. The summed E-state index contributed by atoms with van der Waals surface area (Å²) in [5, 5.41) is 16.5. The first-order valence-corrected chi connectivity index (χ1v) is 9.12. The van der Waals surface area contributed by atoms with Crippen molar-refractivity contribution in [3.8, 4) is 0 Å². The molecule has 2 heterocycles. The smallest absolute Gasteiger partial charge is 0.244 e. The Labute approximate surface area is 162 Å². The van der Waals surface area contributed by atoms with Crippen molar-refractivity contribution in [2.24, 2.45) is 0 Å². The predicted octanol–water partition coefficient (Wildman–Crippen LogP) is 4.27. The average molecular weight is 379 g/mol. The van der Waals surface area contributed by atoms with Gasteiger partial charge in [0.25, 0.3) is 0 Å². The van der Waals surface area contributed by atoms with E-state index in [2.05, 4.69) is 55.2 Å². The molecule has 0 spiro atoms. The van der Waals surface area contributed by atoms with Gasteiger partial charge in [-0.15, -0.1) is 5.10 Å². The average Bonchev–Trinajstić information content (AvgIpc) is 3.11. The van der Waals surface area contributed by atoms with Crippen LogP contribution in [-0.4, -0.2) is 26.7 Å². The molecule has 27 heavy (non-hydrogen) atoms. The summed E-state index contributed by atoms with van der Waals surface area (Å²) in [5.74, 6) is 1.19. The molecule has 0 aliphatic carbocycles. The summed E-state index contributed by atoms with van der Waals surface area (Å²) in [6, 6.07) is 16.0. The lowest BCUT2D eigenvalue weighted by Crippen LogP contribution is -2.10. The van der Waals surface area contributed by atoms with E-state index in [-0.39, 0.29) is 0 Å². The summed E-state index contributed by atoms with van der Waals surface area (Å²) < 4.78 is 0. The first kappa shape index (κ1) is 17.3. The fourth-order valence-electron chi connectivity index (χ4n) is 2.91. The zero-order valence-electron chi connectivity index (χ0n) is 14.6. The molecule has 3 N–H and O–H groups in total. The third-order valence-corrected chi connectivity index (χ3v) is 4.55. The Kier molecular flexibility index (Phi) is 5.16. The normalized spacial score (nSPS) is 10.9. The largest absolute Gasteiger partial charge is 0.368 e. The minimum atomic E-state index is 0.488. The van der Waals surface area contributed by atoms with Crippen LogP contribution < -0.4 is 10.6 Å². The van der Waals surface area contributed by atoms with Crippen molar-refractivity contribution in [2.75, 3.05) is 17.2 Å². The van der Waals surface area contributed by atoms with Gasteiger partial charge >= 0.3 is 0 Å². The van der Waals surface area contributed by atoms with E-state index in [9.17, 15) is 0 Å². The predicted molar refractivity (Wildman–Crippen MR) is 109 cm³/mol. The van der Waals surface area contributed by atoms with Gasteiger partial charge in [0.1, 0.15) is 0 Å². The van der Waals surface area contributed by atoms with Crippen molar-refractivity contribution in [1.82, 2.24) is 20.2 Å². The topological polar surface area (TPSA) is 78.5 Å². The summed E-state index contributed by atoms with van der Waals surface area (Å²) in [6.45, 7) is 1.37. The minimum Gasteiger partial charge on any atom is -0.368 e. The molecule has 0 saturated heterocycles. The lowest BCUT2D eigenvalue weighted by molar-refractivity contribution is 0.930. The van der Waals surface area contributed by atoms with Crippen LogP contribution in [0.15, 0.2) is 60.9 Å². The van der Waals surface area contributed by atoms with Gasteiger partial charge in [-0.1, -0.05) is 41.9 Å². The van der Waals surface area contributed by atoms with Gasteiger partial charge < -0.3 is 15.6 Å². The number of hydrogen-bond acceptors (Lipinski definition) is 5. The van der Waals surface area contributed by atoms with Gasteiger partial charge in [0.15, 0.2) is 5.82 Å². The molecule has 0 aliphatic heterocycles. The van der Waals surface area contributed by atoms with Crippen molar-refractivity contribution >= 4 is 34.3 Å². The van der Waals surface area contributed by atoms with Crippen molar-refractivity contribution in [3.63, 3.8) is 0 Å². The van der Waals surface area contributed by atoms with Crippen molar-refractivity contribution in [1.29, 1.82) is 0 Å². The second kappa shape index (κ2) is 8.05. The van der Waals surface area contributed by atoms with Crippen LogP contribution in [0.4, 0.5) is 11.8 Å². The zero-order valence-corrected chi connectivity index (χ0v) is 15.4. The molecule has 2 aromatic heterocycles. The molecule has 6 nitrogen and oxygen atoms in total. The maximum Gasteiger partial charge on any atom is 0.244 e. The Balaban J connectivity index is 1.33. The van der Waals surface area contributed by atoms with Gasteiger partial charge in [-0.3, -0.25) is 0 Å². The van der Waals surface area contributed by atoms with E-state index < -0.39 is 0 Å². The molecule has 0 radical (unpaired) electrons. The van der Waals surface area contributed by atoms with Gasteiger partial charge in [-0.2, -0.15) is 10.1 Å². The Morgan fingerprint density at radius 3 is 2.74 bits per heavy atom. The van der Waals surface area contributed by atoms with Gasteiger partial charge in [0.2, 0.25) is 5.95 Å². The summed E-state index contributed by atoms with van der Waals surface area (Å²) in [6.07, 6.45) is 4.58. The van der Waals surface area contributed by atoms with Crippen molar-refractivity contribution < 1.29 is 0 Å². The minimum absolute atomic E-state index is 0.488. The van der Waals surface area contributed by atoms with E-state index in [4.69, 9.17) is 11.6 Å². The highest BCUT2D eigenvalue weighted by atomic mass is 35.5. The first-order valence-electron chi connectivity index (χ1n) is 8.75. The fourth-order valence-corrected chi connectivity index (χ4v) is 3.04. The molecule has 0 amide bonds. The van der Waals surface area contributed by atoms with Crippen LogP contribution in [0.1, 0.15) is 11.1 Å². The van der Waals surface area contributed by atoms with E-state index in [0.717, 1.165) is 29.1 Å². The Bertz CT molecular complexity index is 1030. The molecule has 0 saturated carbocycles. The number of benzene rings is 2. The number of para-hydroxylation sites is 1. The Morgan fingerprint density at radius 1 is 1.00 bits per heavy atom. The fraction of sp³-hybridized carbons (Fsp3) is 0.150. The van der Waals surface area contributed by atoms with Crippen LogP contribution in [0.25, 0.3) is 10.9 Å². The molecule has 7 heteroatoms. The van der Waals surface area contributed by atoms with Gasteiger partial charge in [-0.05, 0) is 35.7 Å². The molecule has 0 atom stereocenters. The summed E-state index contributed by atoms with van der Waals surface area (Å²) >= 11 is 5.90. The number of rotatable bonds is 7. The molecule has 0 bridgehead atoms. The van der Waals surface area contributed by atoms with E-state index >= 15 is 0 Å². The molecule has 0 unspecified atom stereocenters. The van der Waals surface area contributed by atoms with Gasteiger partial charge in [0.05, 0.1) is 6.20 Å². The monoisotopic (exact) mass is 378 g/mol. The van der Waals surface area contributed by atoms with Crippen LogP contribution in [0, 0.1) is 0 Å². The molecule has 0 aliphatic rings. The number of hydrogen-bond donors (Lipinski definition) is 3. The summed E-state index contributed by atoms with van der Waals surface area (Å²) in [4.78, 5) is 7.75. The quantitative estimate of drug-likeness (QED) is 0.447. The van der Waals surface area contributed by atoms with Crippen LogP contribution in [-0.2, 0) is 13.0 Å². The maximum atomic E-state index is 5.90. The molecule has 4 rings (SSSR count). The number of H-pyrrole nitrogens is 1. The highest BCUT2D eigenvalue weighted by Gasteiger charge is 2.04. The number of fused-ring (bicyclic) bond motifs is 1. The first-order chi connectivity index (χ1) is 13.3. The highest BCUT2D eigenvalue weighted by Crippen LogP contribution is 2.18. The zero-order chi connectivity index (χ0) is 18.5. The van der Waals surface area contributed by atoms with Crippen LogP contribution in [0.2, 0.25) is 5.02 Å². The summed E-state index contributed by atoms with van der Waals surface area (Å²) in [5.41, 5.74) is 3.53. The number of aromatic nitrogens is 4. The van der Waals surface area contributed by atoms with E-state index in [1.165, 1.54) is 10.9 Å². The standard InChI is InChI=1S/C20H19ClN6/c21-16-7-5-14(6-8-16)11-24-20-26-19(13-25-27-20)22-10-9-15-12-23-18-4-2-1-3-17(15)18/h1-8,12-13,23H,9-11H2,(H2,22,24,26,27). The van der Waals surface area contributed by atoms with E-state index in [1.807, 2.05) is 30.3 Å². The Hall–Kier alpha value is -3.12. The lowest BCUT2D eigenvalue weighted by Gasteiger charge is -2.08. The van der Waals surface area contributed by atoms with Gasteiger partial charge in [-0.25, -0.2) is 0 Å². The number of nitrogens with zero attached hydrogens (tertiary/aromatic N) is 3. The second-order valence-electron chi connectivity index (χ2n) is 6.18. The van der Waals surface area contributed by atoms with E-state index in [1.54, 1.807) is 6.20 Å². The van der Waals surface area contributed by atoms with E-state index in [0.29, 0.717) is 18.3 Å². The lowest BCUT2D eigenvalue weighted by atomic mass is 10.1. The summed E-state index contributed by atoms with van der Waals surface area (Å²) in [7, 11) is 0. The molecule has 0 fully saturated rings. The number of anilines is 2. The highest BCUT2D eigenvalue weighted by molar-refractivity contribution is 6.30. The van der Waals surface area contributed by atoms with Crippen molar-refractivity contribution in [3.05, 3.63) is 77.1 Å². The molecule has 136 valence electrons. The number of nitrogens with one attached hydrogen (secondary N) is 3. The molecule has 4 aromatic rings. The SMILES string of the molecule is Clc1ccc(CNc2nncc(NCCc3c[nH]c4ccccc34)n2)cc1. The van der Waals surface area contributed by atoms with Crippen molar-refractivity contribution in [2.45, 2.75) is 13.0 Å². The Morgan fingerprint density at radius 2 is 1.85 bits per heavy atom. The van der Waals surface area contributed by atoms with Crippen LogP contribution in [0.3, 0.4) is 0 Å². The third-order valence-electron chi connectivity index (χ3n) is 4.30. The molecular weight excluding hydrogens is 360 g/mol. The number of aromatic amines is 1. The number of halogens is 1. The third kappa shape index (κ3) is 4.35. The van der Waals surface area contributed by atoms with Gasteiger partial charge in [0, 0.05) is 35.2 Å². The second-order valence-corrected chi connectivity index (χ2v) is 6.62.